The Morgan fingerprint density at radius 2 is 1.93 bits per heavy atom. The Bertz CT molecular complexity index is 847. The second kappa shape index (κ2) is 9.52. The number of halogens is 1. The number of piperidine rings is 1. The molecule has 2 aliphatic rings. The van der Waals surface area contributed by atoms with Crippen molar-refractivity contribution in [1.29, 1.82) is 0 Å². The molecule has 4 nitrogen and oxygen atoms in total. The Morgan fingerprint density at radius 3 is 2.60 bits per heavy atom. The van der Waals surface area contributed by atoms with Crippen LogP contribution in [-0.2, 0) is 5.41 Å². The molecule has 0 radical (unpaired) electrons. The zero-order chi connectivity index (χ0) is 21.0. The zero-order valence-corrected chi connectivity index (χ0v) is 19.2. The van der Waals surface area contributed by atoms with Crippen LogP contribution >= 0.6 is 23.8 Å². The number of thiocarbonyl (C=S) groups is 1. The van der Waals surface area contributed by atoms with E-state index in [0.29, 0.717) is 5.11 Å². The predicted octanol–water partition coefficient (Wildman–Crippen LogP) is 5.77. The normalized spacial score (nSPS) is 20.7. The first kappa shape index (κ1) is 21.4. The van der Waals surface area contributed by atoms with Gasteiger partial charge in [0, 0.05) is 30.1 Å². The molecule has 0 bridgehead atoms. The smallest absolute Gasteiger partial charge is 0.170 e. The van der Waals surface area contributed by atoms with Gasteiger partial charge in [0.15, 0.2) is 5.11 Å². The molecule has 160 valence electrons. The fraction of sp³-hybridized carbons (Fsp3) is 0.500. The maximum absolute atomic E-state index is 6.09. The summed E-state index contributed by atoms with van der Waals surface area (Å²) in [6, 6.07) is 12.5. The number of nitrogens with zero attached hydrogens (tertiary/aromatic N) is 2. The van der Waals surface area contributed by atoms with Gasteiger partial charge < -0.3 is 15.5 Å². The summed E-state index contributed by atoms with van der Waals surface area (Å²) < 4.78 is 0. The van der Waals surface area contributed by atoms with Gasteiger partial charge in [-0.1, -0.05) is 43.5 Å². The van der Waals surface area contributed by atoms with Crippen molar-refractivity contribution in [3.63, 3.8) is 0 Å². The molecule has 2 heterocycles. The first-order chi connectivity index (χ1) is 14.5. The van der Waals surface area contributed by atoms with Crippen molar-refractivity contribution in [3.8, 4) is 0 Å². The second-order valence-corrected chi connectivity index (χ2v) is 9.75. The molecule has 2 N–H and O–H groups in total. The molecule has 1 aliphatic carbocycles. The minimum absolute atomic E-state index is 0.128. The lowest BCUT2D eigenvalue weighted by Gasteiger charge is -2.32. The molecular formula is C24H31ClN4S. The lowest BCUT2D eigenvalue weighted by molar-refractivity contribution is 0.435. The summed E-state index contributed by atoms with van der Waals surface area (Å²) >= 11 is 11.7. The summed E-state index contributed by atoms with van der Waals surface area (Å²) in [5.41, 5.74) is 2.40. The Balaban J connectivity index is 1.34. The van der Waals surface area contributed by atoms with Crippen molar-refractivity contribution in [2.24, 2.45) is 5.92 Å². The molecule has 6 heteroatoms. The van der Waals surface area contributed by atoms with E-state index in [1.54, 1.807) is 0 Å². The standard InChI is InChI=1S/C24H31ClN4S/c1-18-5-4-14-29(16-18)22-11-10-21(15-26-22)28-23(30)27-17-24(12-2-3-13-24)19-6-8-20(25)9-7-19/h6-11,15,18H,2-5,12-14,16-17H2,1H3,(H2,27,28,30)/t18-/m0/s1. The third-order valence-electron chi connectivity index (χ3n) is 6.59. The average Bonchev–Trinajstić information content (AvgIpc) is 3.23. The molecule has 2 fully saturated rings. The maximum atomic E-state index is 6.09. The third-order valence-corrected chi connectivity index (χ3v) is 7.09. The zero-order valence-electron chi connectivity index (χ0n) is 17.7. The van der Waals surface area contributed by atoms with E-state index in [-0.39, 0.29) is 5.41 Å². The number of aromatic nitrogens is 1. The lowest BCUT2D eigenvalue weighted by atomic mass is 9.79. The molecule has 0 unspecified atom stereocenters. The summed E-state index contributed by atoms with van der Waals surface area (Å²) in [4.78, 5) is 7.04. The average molecular weight is 443 g/mol. The van der Waals surface area contributed by atoms with Crippen LogP contribution in [0.2, 0.25) is 5.02 Å². The highest BCUT2D eigenvalue weighted by molar-refractivity contribution is 7.80. The van der Waals surface area contributed by atoms with E-state index in [4.69, 9.17) is 23.8 Å². The molecular weight excluding hydrogens is 412 g/mol. The molecule has 1 aromatic carbocycles. The van der Waals surface area contributed by atoms with E-state index < -0.39 is 0 Å². The summed E-state index contributed by atoms with van der Waals surface area (Å²) in [6.07, 6.45) is 9.30. The monoisotopic (exact) mass is 442 g/mol. The van der Waals surface area contributed by atoms with Gasteiger partial charge in [0.1, 0.15) is 5.82 Å². The summed E-state index contributed by atoms with van der Waals surface area (Å²) in [5, 5.41) is 8.19. The third kappa shape index (κ3) is 5.06. The fourth-order valence-electron chi connectivity index (χ4n) is 4.89. The number of pyridine rings is 1. The van der Waals surface area contributed by atoms with Crippen molar-refractivity contribution < 1.29 is 0 Å². The highest BCUT2D eigenvalue weighted by atomic mass is 35.5. The fourth-order valence-corrected chi connectivity index (χ4v) is 5.21. The molecule has 1 saturated heterocycles. The summed E-state index contributed by atoms with van der Waals surface area (Å²) in [5.74, 6) is 1.79. The van der Waals surface area contributed by atoms with Crippen LogP contribution in [0.5, 0.6) is 0 Å². The molecule has 1 saturated carbocycles. The summed E-state index contributed by atoms with van der Waals surface area (Å²) in [6.45, 7) is 5.33. The van der Waals surface area contributed by atoms with Crippen LogP contribution in [-0.4, -0.2) is 29.7 Å². The van der Waals surface area contributed by atoms with Gasteiger partial charge in [-0.2, -0.15) is 0 Å². The minimum atomic E-state index is 0.128. The highest BCUT2D eigenvalue weighted by Gasteiger charge is 2.35. The molecule has 2 aromatic rings. The lowest BCUT2D eigenvalue weighted by Crippen LogP contribution is -2.40. The van der Waals surface area contributed by atoms with E-state index >= 15 is 0 Å². The van der Waals surface area contributed by atoms with Gasteiger partial charge in [-0.25, -0.2) is 4.98 Å². The Hall–Kier alpha value is -1.85. The van der Waals surface area contributed by atoms with E-state index in [2.05, 4.69) is 51.7 Å². The van der Waals surface area contributed by atoms with Crippen molar-refractivity contribution in [2.75, 3.05) is 29.9 Å². The van der Waals surface area contributed by atoms with Crippen molar-refractivity contribution >= 4 is 40.4 Å². The Labute approximate surface area is 190 Å². The molecule has 30 heavy (non-hydrogen) atoms. The van der Waals surface area contributed by atoms with Crippen LogP contribution in [0, 0.1) is 5.92 Å². The van der Waals surface area contributed by atoms with Gasteiger partial charge in [0.2, 0.25) is 0 Å². The van der Waals surface area contributed by atoms with Crippen LogP contribution in [0.1, 0.15) is 51.0 Å². The molecule has 1 atom stereocenters. The van der Waals surface area contributed by atoms with E-state index in [0.717, 1.165) is 42.1 Å². The first-order valence-corrected chi connectivity index (χ1v) is 11.8. The van der Waals surface area contributed by atoms with Crippen molar-refractivity contribution in [2.45, 2.75) is 50.9 Å². The first-order valence-electron chi connectivity index (χ1n) is 11.1. The van der Waals surface area contributed by atoms with Gasteiger partial charge in [-0.05, 0) is 73.6 Å². The quantitative estimate of drug-likeness (QED) is 0.575. The molecule has 0 amide bonds. The molecule has 0 spiro atoms. The molecule has 1 aromatic heterocycles. The van der Waals surface area contributed by atoms with Crippen LogP contribution in [0.4, 0.5) is 11.5 Å². The second-order valence-electron chi connectivity index (χ2n) is 8.90. The number of hydrogen-bond acceptors (Lipinski definition) is 3. The Morgan fingerprint density at radius 1 is 1.17 bits per heavy atom. The summed E-state index contributed by atoms with van der Waals surface area (Å²) in [7, 11) is 0. The number of rotatable bonds is 5. The topological polar surface area (TPSA) is 40.2 Å². The van der Waals surface area contributed by atoms with Gasteiger partial charge in [-0.15, -0.1) is 0 Å². The van der Waals surface area contributed by atoms with Crippen LogP contribution < -0.4 is 15.5 Å². The van der Waals surface area contributed by atoms with Gasteiger partial charge in [-0.3, -0.25) is 0 Å². The largest absolute Gasteiger partial charge is 0.362 e. The SMILES string of the molecule is C[C@H]1CCCN(c2ccc(NC(=S)NCC3(c4ccc(Cl)cc4)CCCC3)cn2)C1. The van der Waals surface area contributed by atoms with E-state index in [1.165, 1.54) is 44.1 Å². The van der Waals surface area contributed by atoms with Gasteiger partial charge in [0.05, 0.1) is 11.9 Å². The van der Waals surface area contributed by atoms with Gasteiger partial charge >= 0.3 is 0 Å². The van der Waals surface area contributed by atoms with Crippen molar-refractivity contribution in [3.05, 3.63) is 53.2 Å². The maximum Gasteiger partial charge on any atom is 0.170 e. The number of nitrogens with one attached hydrogen (secondary N) is 2. The van der Waals surface area contributed by atoms with Crippen molar-refractivity contribution in [1.82, 2.24) is 10.3 Å². The number of benzene rings is 1. The van der Waals surface area contributed by atoms with E-state index in [9.17, 15) is 0 Å². The molecule has 4 rings (SSSR count). The van der Waals surface area contributed by atoms with Crippen LogP contribution in [0.15, 0.2) is 42.6 Å². The molecule has 1 aliphatic heterocycles. The van der Waals surface area contributed by atoms with Crippen LogP contribution in [0.25, 0.3) is 0 Å². The van der Waals surface area contributed by atoms with E-state index in [1.807, 2.05) is 18.3 Å². The number of hydrogen-bond donors (Lipinski definition) is 2. The predicted molar refractivity (Wildman–Crippen MR) is 131 cm³/mol. The number of anilines is 2. The Kier molecular flexibility index (Phi) is 6.79. The minimum Gasteiger partial charge on any atom is -0.362 e. The van der Waals surface area contributed by atoms with Gasteiger partial charge in [0.25, 0.3) is 0 Å². The highest BCUT2D eigenvalue weighted by Crippen LogP contribution is 2.41. The van der Waals surface area contributed by atoms with Crippen LogP contribution in [0.3, 0.4) is 0 Å².